The van der Waals surface area contributed by atoms with Gasteiger partial charge in [0, 0.05) is 10.9 Å². The van der Waals surface area contributed by atoms with Gasteiger partial charge in [-0.1, -0.05) is 22.0 Å². The summed E-state index contributed by atoms with van der Waals surface area (Å²) in [5, 5.41) is 0.00203. The van der Waals surface area contributed by atoms with E-state index in [1.54, 1.807) is 0 Å². The highest BCUT2D eigenvalue weighted by atomic mass is 79.9. The number of benzene rings is 1. The predicted molar refractivity (Wildman–Crippen MR) is 45.7 cm³/mol. The summed E-state index contributed by atoms with van der Waals surface area (Å²) in [7, 11) is 0. The molecule has 0 aliphatic rings. The fourth-order valence-electron chi connectivity index (χ4n) is 0.878. The Hall–Kier alpha value is -0.850. The van der Waals surface area contributed by atoms with Gasteiger partial charge in [-0.2, -0.15) is 4.39 Å². The lowest BCUT2D eigenvalue weighted by Crippen LogP contribution is -2.18. The van der Waals surface area contributed by atoms with Gasteiger partial charge in [-0.3, -0.25) is 0 Å². The Labute approximate surface area is 90.0 Å². The Balaban J connectivity index is 3.07. The second-order valence-electron chi connectivity index (χ2n) is 2.53. The highest BCUT2D eigenvalue weighted by molar-refractivity contribution is 9.08. The third-order valence-electron chi connectivity index (χ3n) is 1.50. The lowest BCUT2D eigenvalue weighted by atomic mass is 10.2. The molecule has 0 atom stereocenters. The van der Waals surface area contributed by atoms with E-state index in [0.29, 0.717) is 0 Å². The minimum Gasteiger partial charge on any atom is -0.403 e. The first-order chi connectivity index (χ1) is 6.85. The number of hydrogen-bond acceptors (Lipinski definition) is 1. The summed E-state index contributed by atoms with van der Waals surface area (Å²) in [6.45, 7) is 0. The van der Waals surface area contributed by atoms with Crippen LogP contribution in [0.2, 0.25) is 0 Å². The molecule has 0 saturated heterocycles. The smallest absolute Gasteiger partial charge is 0.403 e. The average molecular weight is 291 g/mol. The molecule has 1 rings (SSSR count). The monoisotopic (exact) mass is 290 g/mol. The molecule has 0 unspecified atom stereocenters. The second kappa shape index (κ2) is 4.34. The van der Waals surface area contributed by atoms with Crippen molar-refractivity contribution in [3.05, 3.63) is 29.3 Å². The molecule has 7 heteroatoms. The Bertz CT molecular complexity index is 363. The Morgan fingerprint density at radius 2 is 1.73 bits per heavy atom. The molecular weight excluding hydrogens is 287 g/mol. The summed E-state index contributed by atoms with van der Waals surface area (Å²) in [5.41, 5.74) is -0.0815. The normalized spacial score (nSPS) is 11.6. The van der Waals surface area contributed by atoms with E-state index in [1.807, 2.05) is 0 Å². The second-order valence-corrected chi connectivity index (χ2v) is 3.09. The van der Waals surface area contributed by atoms with Crippen LogP contribution in [-0.4, -0.2) is 6.36 Å². The van der Waals surface area contributed by atoms with E-state index in [9.17, 15) is 22.0 Å². The fourth-order valence-corrected chi connectivity index (χ4v) is 1.31. The summed E-state index contributed by atoms with van der Waals surface area (Å²) in [6, 6.07) is 1.73. The van der Waals surface area contributed by atoms with Crippen LogP contribution in [0.15, 0.2) is 12.1 Å². The maximum atomic E-state index is 13.0. The van der Waals surface area contributed by atoms with Gasteiger partial charge in [0.05, 0.1) is 0 Å². The molecule has 0 bridgehead atoms. The van der Waals surface area contributed by atoms with E-state index in [-0.39, 0.29) is 10.9 Å². The predicted octanol–water partition coefficient (Wildman–Crippen LogP) is 3.76. The SMILES string of the molecule is Fc1c(CBr)ccc(OC(F)(F)F)c1F. The van der Waals surface area contributed by atoms with Crippen LogP contribution in [0.1, 0.15) is 5.56 Å². The molecular formula is C8H4BrF5O. The summed E-state index contributed by atoms with van der Waals surface area (Å²) in [5.74, 6) is -4.18. The van der Waals surface area contributed by atoms with E-state index in [0.717, 1.165) is 12.1 Å². The van der Waals surface area contributed by atoms with E-state index in [4.69, 9.17) is 0 Å². The minimum atomic E-state index is -5.04. The molecule has 0 radical (unpaired) electrons. The molecule has 0 spiro atoms. The highest BCUT2D eigenvalue weighted by Crippen LogP contribution is 2.28. The number of ether oxygens (including phenoxy) is 1. The van der Waals surface area contributed by atoms with Crippen molar-refractivity contribution in [2.24, 2.45) is 0 Å². The van der Waals surface area contributed by atoms with Gasteiger partial charge in [0.2, 0.25) is 5.82 Å². The maximum Gasteiger partial charge on any atom is 0.573 e. The molecule has 0 N–H and O–H groups in total. The standard InChI is InChI=1S/C8H4BrF5O/c9-3-4-1-2-5(7(11)6(4)10)15-8(12,13)14/h1-2H,3H2. The van der Waals surface area contributed by atoms with Gasteiger partial charge < -0.3 is 4.74 Å². The molecule has 1 aromatic carbocycles. The third-order valence-corrected chi connectivity index (χ3v) is 2.10. The van der Waals surface area contributed by atoms with E-state index in [2.05, 4.69) is 20.7 Å². The first kappa shape index (κ1) is 12.2. The van der Waals surface area contributed by atoms with E-state index >= 15 is 0 Å². The van der Waals surface area contributed by atoms with Crippen LogP contribution in [0.5, 0.6) is 5.75 Å². The van der Waals surface area contributed by atoms with Crippen molar-refractivity contribution < 1.29 is 26.7 Å². The van der Waals surface area contributed by atoms with Crippen LogP contribution >= 0.6 is 15.9 Å². The first-order valence-corrected chi connectivity index (χ1v) is 4.76. The zero-order valence-electron chi connectivity index (χ0n) is 7.04. The van der Waals surface area contributed by atoms with Gasteiger partial charge in [0.15, 0.2) is 11.6 Å². The molecule has 0 aliphatic carbocycles. The minimum absolute atomic E-state index is 0.00203. The molecule has 15 heavy (non-hydrogen) atoms. The average Bonchev–Trinajstić information content (AvgIpc) is 2.11. The largest absolute Gasteiger partial charge is 0.573 e. The zero-order chi connectivity index (χ0) is 11.6. The van der Waals surface area contributed by atoms with Crippen molar-refractivity contribution in [2.45, 2.75) is 11.7 Å². The van der Waals surface area contributed by atoms with Crippen molar-refractivity contribution in [3.8, 4) is 5.75 Å². The first-order valence-electron chi connectivity index (χ1n) is 3.63. The fraction of sp³-hybridized carbons (Fsp3) is 0.250. The van der Waals surface area contributed by atoms with Crippen molar-refractivity contribution in [1.29, 1.82) is 0 Å². The zero-order valence-corrected chi connectivity index (χ0v) is 8.62. The molecule has 1 nitrogen and oxygen atoms in total. The van der Waals surface area contributed by atoms with Crippen molar-refractivity contribution in [1.82, 2.24) is 0 Å². The maximum absolute atomic E-state index is 13.0. The van der Waals surface area contributed by atoms with Crippen LogP contribution in [0.25, 0.3) is 0 Å². The van der Waals surface area contributed by atoms with Crippen molar-refractivity contribution in [3.63, 3.8) is 0 Å². The van der Waals surface area contributed by atoms with Crippen LogP contribution in [0.3, 0.4) is 0 Å². The molecule has 0 aliphatic heterocycles. The van der Waals surface area contributed by atoms with E-state index in [1.165, 1.54) is 0 Å². The highest BCUT2D eigenvalue weighted by Gasteiger charge is 2.33. The molecule has 0 heterocycles. The van der Waals surface area contributed by atoms with Gasteiger partial charge >= 0.3 is 6.36 Å². The Kier molecular flexibility index (Phi) is 3.54. The molecule has 1 aromatic rings. The summed E-state index contributed by atoms with van der Waals surface area (Å²) < 4.78 is 64.4. The molecule has 0 fully saturated rings. The topological polar surface area (TPSA) is 9.23 Å². The number of rotatable bonds is 2. The van der Waals surface area contributed by atoms with Gasteiger partial charge in [-0.25, -0.2) is 4.39 Å². The molecule has 0 amide bonds. The summed E-state index contributed by atoms with van der Waals surface area (Å²) >= 11 is 2.86. The summed E-state index contributed by atoms with van der Waals surface area (Å²) in [4.78, 5) is 0. The lowest BCUT2D eigenvalue weighted by Gasteiger charge is -2.10. The van der Waals surface area contributed by atoms with Gasteiger partial charge in [0.25, 0.3) is 0 Å². The molecule has 84 valence electrons. The van der Waals surface area contributed by atoms with Gasteiger partial charge in [-0.15, -0.1) is 13.2 Å². The quantitative estimate of drug-likeness (QED) is 0.595. The summed E-state index contributed by atoms with van der Waals surface area (Å²) in [6.07, 6.45) is -5.04. The number of halogens is 6. The third kappa shape index (κ3) is 3.05. The van der Waals surface area contributed by atoms with Crippen LogP contribution in [-0.2, 0) is 5.33 Å². The van der Waals surface area contributed by atoms with Crippen LogP contribution < -0.4 is 4.74 Å². The number of hydrogen-bond donors (Lipinski definition) is 0. The van der Waals surface area contributed by atoms with Gasteiger partial charge in [-0.05, 0) is 6.07 Å². The van der Waals surface area contributed by atoms with Gasteiger partial charge in [0.1, 0.15) is 0 Å². The molecule has 0 aromatic heterocycles. The van der Waals surface area contributed by atoms with Crippen LogP contribution in [0, 0.1) is 11.6 Å². The van der Waals surface area contributed by atoms with Crippen molar-refractivity contribution >= 4 is 15.9 Å². The van der Waals surface area contributed by atoms with Crippen molar-refractivity contribution in [2.75, 3.05) is 0 Å². The molecule has 0 saturated carbocycles. The van der Waals surface area contributed by atoms with E-state index < -0.39 is 23.7 Å². The Morgan fingerprint density at radius 1 is 1.13 bits per heavy atom. The number of alkyl halides is 4. The lowest BCUT2D eigenvalue weighted by molar-refractivity contribution is -0.275. The Morgan fingerprint density at radius 3 is 2.20 bits per heavy atom. The van der Waals surface area contributed by atoms with Crippen LogP contribution in [0.4, 0.5) is 22.0 Å².